The third-order valence-corrected chi connectivity index (χ3v) is 6.46. The van der Waals surface area contributed by atoms with Crippen molar-refractivity contribution in [1.82, 2.24) is 9.97 Å². The van der Waals surface area contributed by atoms with Gasteiger partial charge in [0.25, 0.3) is 0 Å². The minimum Gasteiger partial charge on any atom is -0.480 e. The van der Waals surface area contributed by atoms with Gasteiger partial charge in [-0.05, 0) is 31.4 Å². The van der Waals surface area contributed by atoms with Crippen LogP contribution in [0.1, 0.15) is 26.2 Å². The molecule has 1 aliphatic rings. The van der Waals surface area contributed by atoms with E-state index >= 15 is 0 Å². The summed E-state index contributed by atoms with van der Waals surface area (Å²) in [6.07, 6.45) is 2.07. The zero-order chi connectivity index (χ0) is 19.4. The number of hydrogen-bond acceptors (Lipinski definition) is 7. The number of hydrogen-bond donors (Lipinski definition) is 2. The molecular formula is C18H24N4O4S. The third-order valence-electron chi connectivity index (χ3n) is 4.72. The first-order chi connectivity index (χ1) is 12.9. The number of para-hydroxylation sites is 2. The van der Waals surface area contributed by atoms with Gasteiger partial charge in [-0.2, -0.15) is 0 Å². The summed E-state index contributed by atoms with van der Waals surface area (Å²) < 4.78 is 23.5. The molecule has 1 unspecified atom stereocenters. The molecule has 27 heavy (non-hydrogen) atoms. The van der Waals surface area contributed by atoms with Crippen molar-refractivity contribution in [3.63, 3.8) is 0 Å². The number of carbonyl (C=O) groups is 1. The molecule has 0 amide bonds. The van der Waals surface area contributed by atoms with Crippen LogP contribution >= 0.6 is 0 Å². The van der Waals surface area contributed by atoms with Gasteiger partial charge in [0.1, 0.15) is 15.9 Å². The van der Waals surface area contributed by atoms with Gasteiger partial charge in [-0.15, -0.1) is 0 Å². The van der Waals surface area contributed by atoms with E-state index in [1.54, 1.807) is 6.92 Å². The molecule has 0 bridgehead atoms. The second kappa shape index (κ2) is 8.08. The number of benzene rings is 1. The standard InChI is InChI=1S/C18H24N4O4S/c1-2-27(25,26)12-9-15(18(23)24)20-16-17(22-10-5-6-11-22)21-14-8-4-3-7-13(14)19-16/h3-4,7-8,15H,2,5-6,9-12H2,1H3,(H,19,20)(H,23,24). The van der Waals surface area contributed by atoms with Crippen LogP contribution in [-0.4, -0.2) is 60.1 Å². The fourth-order valence-electron chi connectivity index (χ4n) is 3.10. The summed E-state index contributed by atoms with van der Waals surface area (Å²) in [6.45, 7) is 3.23. The lowest BCUT2D eigenvalue weighted by Gasteiger charge is -2.23. The molecule has 1 aliphatic heterocycles. The van der Waals surface area contributed by atoms with Crippen molar-refractivity contribution in [2.24, 2.45) is 0 Å². The lowest BCUT2D eigenvalue weighted by atomic mass is 10.2. The number of anilines is 2. The van der Waals surface area contributed by atoms with Gasteiger partial charge in [0.2, 0.25) is 0 Å². The van der Waals surface area contributed by atoms with Crippen molar-refractivity contribution >= 4 is 38.5 Å². The van der Waals surface area contributed by atoms with Crippen LogP contribution in [0.25, 0.3) is 11.0 Å². The van der Waals surface area contributed by atoms with Crippen LogP contribution in [0, 0.1) is 0 Å². The van der Waals surface area contributed by atoms with Crippen LogP contribution in [-0.2, 0) is 14.6 Å². The number of rotatable bonds is 8. The van der Waals surface area contributed by atoms with Crippen molar-refractivity contribution in [3.8, 4) is 0 Å². The monoisotopic (exact) mass is 392 g/mol. The molecule has 3 rings (SSSR count). The first kappa shape index (κ1) is 19.3. The van der Waals surface area contributed by atoms with E-state index in [1.807, 2.05) is 24.3 Å². The Labute approximate surface area is 158 Å². The number of carboxylic acids is 1. The van der Waals surface area contributed by atoms with Crippen LogP contribution in [0.3, 0.4) is 0 Å². The molecule has 0 radical (unpaired) electrons. The molecule has 0 aliphatic carbocycles. The molecule has 2 aromatic rings. The summed E-state index contributed by atoms with van der Waals surface area (Å²) >= 11 is 0. The average Bonchev–Trinajstić information content (AvgIpc) is 3.18. The summed E-state index contributed by atoms with van der Waals surface area (Å²) in [5.41, 5.74) is 1.40. The normalized spacial score (nSPS) is 15.8. The SMILES string of the molecule is CCS(=O)(=O)CCC(Nc1nc2ccccc2nc1N1CCCC1)C(=O)O. The molecule has 1 fully saturated rings. The van der Waals surface area contributed by atoms with Crippen LogP contribution in [0.2, 0.25) is 0 Å². The molecule has 0 saturated carbocycles. The quantitative estimate of drug-likeness (QED) is 0.701. The second-order valence-electron chi connectivity index (χ2n) is 6.64. The predicted octanol–water partition coefficient (Wildman–Crippen LogP) is 1.92. The molecule has 146 valence electrons. The number of fused-ring (bicyclic) bond motifs is 1. The van der Waals surface area contributed by atoms with Gasteiger partial charge in [-0.25, -0.2) is 23.2 Å². The first-order valence-electron chi connectivity index (χ1n) is 9.11. The van der Waals surface area contributed by atoms with Gasteiger partial charge in [0, 0.05) is 18.8 Å². The van der Waals surface area contributed by atoms with E-state index in [0.29, 0.717) is 17.2 Å². The Kier molecular flexibility index (Phi) is 5.79. The number of nitrogens with one attached hydrogen (secondary N) is 1. The molecule has 1 aromatic heterocycles. The topological polar surface area (TPSA) is 112 Å². The molecule has 1 aromatic carbocycles. The summed E-state index contributed by atoms with van der Waals surface area (Å²) in [5, 5.41) is 12.5. The average molecular weight is 392 g/mol. The van der Waals surface area contributed by atoms with Crippen LogP contribution in [0.5, 0.6) is 0 Å². The molecule has 2 N–H and O–H groups in total. The van der Waals surface area contributed by atoms with Crippen molar-refractivity contribution in [2.45, 2.75) is 32.2 Å². The molecule has 8 nitrogen and oxygen atoms in total. The minimum absolute atomic E-state index is 0.00581. The number of aliphatic carboxylic acids is 1. The van der Waals surface area contributed by atoms with E-state index in [4.69, 9.17) is 0 Å². The van der Waals surface area contributed by atoms with E-state index in [9.17, 15) is 18.3 Å². The van der Waals surface area contributed by atoms with E-state index in [-0.39, 0.29) is 17.9 Å². The second-order valence-corrected chi connectivity index (χ2v) is 9.11. The maximum Gasteiger partial charge on any atom is 0.326 e. The summed E-state index contributed by atoms with van der Waals surface area (Å²) in [7, 11) is -3.25. The fraction of sp³-hybridized carbons (Fsp3) is 0.500. The largest absolute Gasteiger partial charge is 0.480 e. The summed E-state index contributed by atoms with van der Waals surface area (Å²) in [6, 6.07) is 6.36. The van der Waals surface area contributed by atoms with Gasteiger partial charge in [-0.3, -0.25) is 0 Å². The Bertz CT molecular complexity index is 926. The molecule has 0 spiro atoms. The van der Waals surface area contributed by atoms with Crippen LogP contribution < -0.4 is 10.2 Å². The number of aromatic nitrogens is 2. The lowest BCUT2D eigenvalue weighted by molar-refractivity contribution is -0.137. The summed E-state index contributed by atoms with van der Waals surface area (Å²) in [4.78, 5) is 23.0. The number of nitrogens with zero attached hydrogens (tertiary/aromatic N) is 3. The molecule has 1 atom stereocenters. The zero-order valence-electron chi connectivity index (χ0n) is 15.3. The van der Waals surface area contributed by atoms with Crippen molar-refractivity contribution in [3.05, 3.63) is 24.3 Å². The van der Waals surface area contributed by atoms with Crippen LogP contribution in [0.15, 0.2) is 24.3 Å². The molecule has 2 heterocycles. The van der Waals surface area contributed by atoms with E-state index in [1.165, 1.54) is 0 Å². The maximum absolute atomic E-state index is 11.8. The smallest absolute Gasteiger partial charge is 0.326 e. The Morgan fingerprint density at radius 1 is 1.22 bits per heavy atom. The van der Waals surface area contributed by atoms with E-state index in [2.05, 4.69) is 20.2 Å². The van der Waals surface area contributed by atoms with Gasteiger partial charge in [0.05, 0.1) is 16.8 Å². The van der Waals surface area contributed by atoms with Gasteiger partial charge >= 0.3 is 5.97 Å². The Balaban J connectivity index is 1.92. The molecular weight excluding hydrogens is 368 g/mol. The third kappa shape index (κ3) is 4.65. The van der Waals surface area contributed by atoms with E-state index < -0.39 is 21.8 Å². The molecule has 9 heteroatoms. The number of sulfone groups is 1. The Morgan fingerprint density at radius 2 is 1.85 bits per heavy atom. The number of carboxylic acid groups (broad SMARTS) is 1. The van der Waals surface area contributed by atoms with Crippen LogP contribution in [0.4, 0.5) is 11.6 Å². The summed E-state index contributed by atoms with van der Waals surface area (Å²) in [5.74, 6) is -0.293. The highest BCUT2D eigenvalue weighted by molar-refractivity contribution is 7.91. The van der Waals surface area contributed by atoms with Crippen molar-refractivity contribution < 1.29 is 18.3 Å². The Hall–Kier alpha value is -2.42. The lowest BCUT2D eigenvalue weighted by Crippen LogP contribution is -2.33. The Morgan fingerprint density at radius 3 is 2.44 bits per heavy atom. The van der Waals surface area contributed by atoms with Gasteiger partial charge in [-0.1, -0.05) is 19.1 Å². The van der Waals surface area contributed by atoms with E-state index in [0.717, 1.165) is 31.4 Å². The van der Waals surface area contributed by atoms with Gasteiger partial charge < -0.3 is 15.3 Å². The maximum atomic E-state index is 11.8. The predicted molar refractivity (Wildman–Crippen MR) is 105 cm³/mol. The highest BCUT2D eigenvalue weighted by Crippen LogP contribution is 2.28. The van der Waals surface area contributed by atoms with Crippen molar-refractivity contribution in [1.29, 1.82) is 0 Å². The zero-order valence-corrected chi connectivity index (χ0v) is 16.1. The highest BCUT2D eigenvalue weighted by Gasteiger charge is 2.25. The molecule has 1 saturated heterocycles. The first-order valence-corrected chi connectivity index (χ1v) is 10.9. The highest BCUT2D eigenvalue weighted by atomic mass is 32.2. The fourth-order valence-corrected chi connectivity index (χ4v) is 3.98. The van der Waals surface area contributed by atoms with Gasteiger partial charge in [0.15, 0.2) is 11.6 Å². The minimum atomic E-state index is -3.25. The van der Waals surface area contributed by atoms with Crippen molar-refractivity contribution in [2.75, 3.05) is 34.8 Å².